The molecule has 1 aliphatic heterocycles. The van der Waals surface area contributed by atoms with E-state index in [1.807, 2.05) is 0 Å². The second-order valence-corrected chi connectivity index (χ2v) is 7.64. The molecule has 2 aromatic rings. The van der Waals surface area contributed by atoms with Crippen LogP contribution in [0.4, 0.5) is 0 Å². The fourth-order valence-electron chi connectivity index (χ4n) is 3.01. The Kier molecular flexibility index (Phi) is 5.63. The Morgan fingerprint density at radius 2 is 2.12 bits per heavy atom. The van der Waals surface area contributed by atoms with Crippen LogP contribution in [0.2, 0.25) is 0 Å². The highest BCUT2D eigenvalue weighted by atomic mass is 32.2. The summed E-state index contributed by atoms with van der Waals surface area (Å²) in [6, 6.07) is 8.48. The zero-order chi connectivity index (χ0) is 17.8. The van der Waals surface area contributed by atoms with Crippen molar-refractivity contribution in [3.05, 3.63) is 46.1 Å². The van der Waals surface area contributed by atoms with E-state index in [1.165, 1.54) is 15.1 Å². The number of rotatable bonds is 6. The average molecular weight is 360 g/mol. The minimum Gasteiger partial charge on any atom is -0.356 e. The molecule has 0 saturated carbocycles. The first kappa shape index (κ1) is 17.8. The summed E-state index contributed by atoms with van der Waals surface area (Å²) in [5, 5.41) is 7.21. The molecule has 134 valence electrons. The summed E-state index contributed by atoms with van der Waals surface area (Å²) in [5.74, 6) is 1.66. The van der Waals surface area contributed by atoms with Crippen molar-refractivity contribution in [2.45, 2.75) is 37.6 Å². The van der Waals surface area contributed by atoms with Gasteiger partial charge in [-0.15, -0.1) is 11.8 Å². The number of aromatic nitrogens is 3. The summed E-state index contributed by atoms with van der Waals surface area (Å²) in [6.45, 7) is 3.19. The zero-order valence-electron chi connectivity index (χ0n) is 14.7. The molecule has 7 heteroatoms. The van der Waals surface area contributed by atoms with Crippen LogP contribution in [0.5, 0.6) is 0 Å². The third-order valence-electron chi connectivity index (χ3n) is 4.48. The molecule has 3 rings (SSSR count). The second kappa shape index (κ2) is 7.91. The molecule has 1 N–H and O–H groups in total. The molecule has 2 heterocycles. The third kappa shape index (κ3) is 4.34. The molecule has 1 aromatic heterocycles. The number of nitrogens with one attached hydrogen (secondary N) is 1. The van der Waals surface area contributed by atoms with Gasteiger partial charge in [0.05, 0.1) is 5.92 Å². The summed E-state index contributed by atoms with van der Waals surface area (Å²) in [6.07, 6.45) is 2.35. The lowest BCUT2D eigenvalue weighted by molar-refractivity contribution is -0.125. The lowest BCUT2D eigenvalue weighted by atomic mass is 9.98. The van der Waals surface area contributed by atoms with Crippen molar-refractivity contribution in [1.29, 1.82) is 0 Å². The van der Waals surface area contributed by atoms with E-state index >= 15 is 0 Å². The number of amides is 1. The molecule has 0 spiro atoms. The minimum absolute atomic E-state index is 0.0433. The van der Waals surface area contributed by atoms with E-state index in [1.54, 1.807) is 23.4 Å². The van der Waals surface area contributed by atoms with E-state index in [0.29, 0.717) is 19.5 Å². The maximum Gasteiger partial charge on any atom is 0.345 e. The molecule has 1 unspecified atom stereocenters. The SMILES string of the molecule is Cc1ccc(SCCCNC(=O)C2CCc3nn(C)c(=O)n3C2)cc1. The Hall–Kier alpha value is -2.02. The summed E-state index contributed by atoms with van der Waals surface area (Å²) in [5.41, 5.74) is 1.13. The molecule has 0 aliphatic carbocycles. The van der Waals surface area contributed by atoms with Crippen LogP contribution in [-0.2, 0) is 24.8 Å². The Morgan fingerprint density at radius 3 is 2.88 bits per heavy atom. The number of fused-ring (bicyclic) bond motifs is 1. The van der Waals surface area contributed by atoms with Gasteiger partial charge in [0.15, 0.2) is 0 Å². The number of hydrogen-bond donors (Lipinski definition) is 1. The maximum atomic E-state index is 12.3. The van der Waals surface area contributed by atoms with Crippen LogP contribution in [0.15, 0.2) is 34.0 Å². The fourth-order valence-corrected chi connectivity index (χ4v) is 3.86. The smallest absolute Gasteiger partial charge is 0.345 e. The molecule has 0 radical (unpaired) electrons. The van der Waals surface area contributed by atoms with E-state index in [0.717, 1.165) is 24.4 Å². The van der Waals surface area contributed by atoms with Crippen LogP contribution < -0.4 is 11.0 Å². The van der Waals surface area contributed by atoms with Crippen LogP contribution in [0.25, 0.3) is 0 Å². The lowest BCUT2D eigenvalue weighted by Crippen LogP contribution is -2.39. The highest BCUT2D eigenvalue weighted by Gasteiger charge is 2.27. The van der Waals surface area contributed by atoms with E-state index in [4.69, 9.17) is 0 Å². The molecule has 1 amide bonds. The largest absolute Gasteiger partial charge is 0.356 e. The summed E-state index contributed by atoms with van der Waals surface area (Å²) in [7, 11) is 1.65. The van der Waals surface area contributed by atoms with Crippen LogP contribution in [0, 0.1) is 12.8 Å². The van der Waals surface area contributed by atoms with Gasteiger partial charge in [-0.3, -0.25) is 9.36 Å². The number of nitrogens with zero attached hydrogens (tertiary/aromatic N) is 3. The fraction of sp³-hybridized carbons (Fsp3) is 0.500. The zero-order valence-corrected chi connectivity index (χ0v) is 15.5. The molecule has 0 bridgehead atoms. The number of hydrogen-bond acceptors (Lipinski definition) is 4. The van der Waals surface area contributed by atoms with Crippen molar-refractivity contribution >= 4 is 17.7 Å². The molecular formula is C18H24N4O2S. The molecule has 0 saturated heterocycles. The Labute approximate surface area is 151 Å². The van der Waals surface area contributed by atoms with Crippen molar-refractivity contribution in [2.24, 2.45) is 13.0 Å². The van der Waals surface area contributed by atoms with Gasteiger partial charge in [0.2, 0.25) is 5.91 Å². The van der Waals surface area contributed by atoms with Crippen molar-refractivity contribution in [3.63, 3.8) is 0 Å². The van der Waals surface area contributed by atoms with Gasteiger partial charge in [0.1, 0.15) is 5.82 Å². The first-order chi connectivity index (χ1) is 12.0. The predicted molar refractivity (Wildman–Crippen MR) is 98.8 cm³/mol. The highest BCUT2D eigenvalue weighted by Crippen LogP contribution is 2.19. The Bertz CT molecular complexity index is 794. The van der Waals surface area contributed by atoms with Gasteiger partial charge in [-0.05, 0) is 37.7 Å². The van der Waals surface area contributed by atoms with Crippen LogP contribution in [0.3, 0.4) is 0 Å². The normalized spacial score (nSPS) is 16.5. The number of thioether (sulfide) groups is 1. The highest BCUT2D eigenvalue weighted by molar-refractivity contribution is 7.99. The van der Waals surface area contributed by atoms with Crippen molar-refractivity contribution in [1.82, 2.24) is 19.7 Å². The summed E-state index contributed by atoms with van der Waals surface area (Å²) < 4.78 is 2.97. The molecule has 6 nitrogen and oxygen atoms in total. The van der Waals surface area contributed by atoms with Gasteiger partial charge < -0.3 is 5.32 Å². The van der Waals surface area contributed by atoms with Crippen LogP contribution in [-0.4, -0.2) is 32.6 Å². The van der Waals surface area contributed by atoms with Crippen molar-refractivity contribution in [2.75, 3.05) is 12.3 Å². The van der Waals surface area contributed by atoms with Crippen molar-refractivity contribution < 1.29 is 4.79 Å². The van der Waals surface area contributed by atoms with Gasteiger partial charge in [-0.1, -0.05) is 17.7 Å². The van der Waals surface area contributed by atoms with Crippen molar-refractivity contribution in [3.8, 4) is 0 Å². The number of aryl methyl sites for hydroxylation is 3. The van der Waals surface area contributed by atoms with Gasteiger partial charge in [-0.2, -0.15) is 5.10 Å². The summed E-state index contributed by atoms with van der Waals surface area (Å²) >= 11 is 1.80. The Balaban J connectivity index is 1.40. The monoisotopic (exact) mass is 360 g/mol. The standard InChI is InChI=1S/C18H24N4O2S/c1-13-4-7-15(8-5-13)25-11-3-10-19-17(23)14-6-9-16-20-21(2)18(24)22(16)12-14/h4-5,7-8,14H,3,6,9-12H2,1-2H3,(H,19,23). The van der Waals surface area contributed by atoms with E-state index in [9.17, 15) is 9.59 Å². The van der Waals surface area contributed by atoms with Crippen LogP contribution >= 0.6 is 11.8 Å². The molecule has 0 fully saturated rings. The average Bonchev–Trinajstić information content (AvgIpc) is 2.90. The minimum atomic E-state index is -0.140. The number of carbonyl (C=O) groups excluding carboxylic acids is 1. The first-order valence-corrected chi connectivity index (χ1v) is 9.63. The lowest BCUT2D eigenvalue weighted by Gasteiger charge is -2.21. The summed E-state index contributed by atoms with van der Waals surface area (Å²) in [4.78, 5) is 25.6. The van der Waals surface area contributed by atoms with E-state index in [2.05, 4.69) is 41.6 Å². The topological polar surface area (TPSA) is 68.9 Å². The van der Waals surface area contributed by atoms with Gasteiger partial charge in [-0.25, -0.2) is 9.48 Å². The molecule has 1 aromatic carbocycles. The van der Waals surface area contributed by atoms with Gasteiger partial charge in [0, 0.05) is 31.5 Å². The third-order valence-corrected chi connectivity index (χ3v) is 5.58. The number of carbonyl (C=O) groups is 1. The predicted octanol–water partition coefficient (Wildman–Crippen LogP) is 1.75. The quantitative estimate of drug-likeness (QED) is 0.629. The van der Waals surface area contributed by atoms with Gasteiger partial charge >= 0.3 is 5.69 Å². The number of benzene rings is 1. The van der Waals surface area contributed by atoms with Gasteiger partial charge in [0.25, 0.3) is 0 Å². The van der Waals surface area contributed by atoms with Crippen LogP contribution in [0.1, 0.15) is 24.2 Å². The van der Waals surface area contributed by atoms with E-state index < -0.39 is 0 Å². The molecular weight excluding hydrogens is 336 g/mol. The first-order valence-electron chi connectivity index (χ1n) is 8.64. The second-order valence-electron chi connectivity index (χ2n) is 6.47. The Morgan fingerprint density at radius 1 is 1.36 bits per heavy atom. The molecule has 25 heavy (non-hydrogen) atoms. The molecule has 1 atom stereocenters. The molecule has 1 aliphatic rings. The maximum absolute atomic E-state index is 12.3. The van der Waals surface area contributed by atoms with E-state index in [-0.39, 0.29) is 17.5 Å².